The van der Waals surface area contributed by atoms with Gasteiger partial charge in [0.15, 0.2) is 11.5 Å². The maximum absolute atomic E-state index is 10.9. The molecular formula is C13H17NO4. The van der Waals surface area contributed by atoms with Crippen molar-refractivity contribution in [3.05, 3.63) is 39.6 Å². The van der Waals surface area contributed by atoms with Gasteiger partial charge in [-0.2, -0.15) is 0 Å². The summed E-state index contributed by atoms with van der Waals surface area (Å²) in [7, 11) is 3.08. The summed E-state index contributed by atoms with van der Waals surface area (Å²) in [6.45, 7) is 3.57. The highest BCUT2D eigenvalue weighted by atomic mass is 16.6. The van der Waals surface area contributed by atoms with E-state index in [1.165, 1.54) is 7.11 Å². The SMILES string of the molecule is COc1ccc(/C=C(/C(C)C)[N+](=O)[O-])cc1OC. The van der Waals surface area contributed by atoms with Gasteiger partial charge in [0.1, 0.15) is 0 Å². The molecule has 18 heavy (non-hydrogen) atoms. The lowest BCUT2D eigenvalue weighted by molar-refractivity contribution is -0.431. The van der Waals surface area contributed by atoms with Crippen LogP contribution in [0.4, 0.5) is 0 Å². The fourth-order valence-electron chi connectivity index (χ4n) is 1.54. The van der Waals surface area contributed by atoms with E-state index in [0.29, 0.717) is 17.1 Å². The van der Waals surface area contributed by atoms with Crippen LogP contribution in [0.1, 0.15) is 19.4 Å². The number of hydrogen-bond donors (Lipinski definition) is 0. The normalized spacial score (nSPS) is 11.5. The fraction of sp³-hybridized carbons (Fsp3) is 0.385. The zero-order valence-electron chi connectivity index (χ0n) is 11.0. The van der Waals surface area contributed by atoms with E-state index in [-0.39, 0.29) is 16.5 Å². The van der Waals surface area contributed by atoms with Crippen LogP contribution >= 0.6 is 0 Å². The predicted molar refractivity (Wildman–Crippen MR) is 69.4 cm³/mol. The van der Waals surface area contributed by atoms with Gasteiger partial charge < -0.3 is 9.47 Å². The van der Waals surface area contributed by atoms with Crippen LogP contribution in [0.25, 0.3) is 6.08 Å². The average molecular weight is 251 g/mol. The standard InChI is InChI=1S/C13H17NO4/c1-9(2)11(14(15)16)7-10-5-6-12(17-3)13(8-10)18-4/h5-9H,1-4H3/b11-7-. The lowest BCUT2D eigenvalue weighted by Crippen LogP contribution is -2.05. The van der Waals surface area contributed by atoms with Crippen LogP contribution in [0.2, 0.25) is 0 Å². The molecule has 0 fully saturated rings. The Morgan fingerprint density at radius 3 is 2.33 bits per heavy atom. The third-order valence-corrected chi connectivity index (χ3v) is 2.52. The van der Waals surface area contributed by atoms with Crippen LogP contribution in [-0.2, 0) is 0 Å². The number of nitrogens with zero attached hydrogens (tertiary/aromatic N) is 1. The molecule has 0 N–H and O–H groups in total. The first kappa shape index (κ1) is 14.0. The van der Waals surface area contributed by atoms with Gasteiger partial charge in [0.05, 0.1) is 19.1 Å². The van der Waals surface area contributed by atoms with Crippen molar-refractivity contribution in [1.82, 2.24) is 0 Å². The summed E-state index contributed by atoms with van der Waals surface area (Å²) in [4.78, 5) is 10.5. The van der Waals surface area contributed by atoms with E-state index in [2.05, 4.69) is 0 Å². The van der Waals surface area contributed by atoms with Crippen LogP contribution in [0.5, 0.6) is 11.5 Å². The van der Waals surface area contributed by atoms with Gasteiger partial charge in [0.2, 0.25) is 5.70 Å². The Hall–Kier alpha value is -2.04. The molecule has 0 heterocycles. The molecule has 0 unspecified atom stereocenters. The maximum Gasteiger partial charge on any atom is 0.249 e. The van der Waals surface area contributed by atoms with Gasteiger partial charge >= 0.3 is 0 Å². The smallest absolute Gasteiger partial charge is 0.249 e. The lowest BCUT2D eigenvalue weighted by Gasteiger charge is -2.08. The highest BCUT2D eigenvalue weighted by molar-refractivity contribution is 5.57. The summed E-state index contributed by atoms with van der Waals surface area (Å²) in [6.07, 6.45) is 1.55. The third kappa shape index (κ3) is 3.23. The van der Waals surface area contributed by atoms with E-state index in [1.54, 1.807) is 45.2 Å². The second-order valence-electron chi connectivity index (χ2n) is 4.10. The van der Waals surface area contributed by atoms with Crippen LogP contribution in [0.3, 0.4) is 0 Å². The second-order valence-corrected chi connectivity index (χ2v) is 4.10. The van der Waals surface area contributed by atoms with E-state index in [9.17, 15) is 10.1 Å². The van der Waals surface area contributed by atoms with E-state index in [1.807, 2.05) is 0 Å². The molecule has 0 aliphatic carbocycles. The Kier molecular flexibility index (Phi) is 4.71. The van der Waals surface area contributed by atoms with Crippen LogP contribution in [-0.4, -0.2) is 19.1 Å². The van der Waals surface area contributed by atoms with Crippen molar-refractivity contribution in [3.63, 3.8) is 0 Å². The van der Waals surface area contributed by atoms with Crippen molar-refractivity contribution in [3.8, 4) is 11.5 Å². The van der Waals surface area contributed by atoms with Crippen molar-refractivity contribution in [2.24, 2.45) is 5.92 Å². The molecule has 1 aromatic carbocycles. The number of nitro groups is 1. The van der Waals surface area contributed by atoms with Gasteiger partial charge in [-0.3, -0.25) is 10.1 Å². The van der Waals surface area contributed by atoms with Crippen LogP contribution in [0.15, 0.2) is 23.9 Å². The predicted octanol–water partition coefficient (Wildman–Crippen LogP) is 2.98. The zero-order chi connectivity index (χ0) is 13.7. The molecule has 0 atom stereocenters. The number of allylic oxidation sites excluding steroid dienone is 1. The summed E-state index contributed by atoms with van der Waals surface area (Å²) < 4.78 is 10.3. The molecule has 5 heteroatoms. The summed E-state index contributed by atoms with van der Waals surface area (Å²) in [6, 6.07) is 5.19. The molecule has 0 saturated heterocycles. The zero-order valence-corrected chi connectivity index (χ0v) is 11.0. The summed E-state index contributed by atoms with van der Waals surface area (Å²) >= 11 is 0. The topological polar surface area (TPSA) is 61.6 Å². The quantitative estimate of drug-likeness (QED) is 0.596. The van der Waals surface area contributed by atoms with Gasteiger partial charge in [0.25, 0.3) is 0 Å². The molecule has 0 bridgehead atoms. The Bertz CT molecular complexity index is 466. The lowest BCUT2D eigenvalue weighted by atomic mass is 10.1. The first-order valence-corrected chi connectivity index (χ1v) is 5.57. The average Bonchev–Trinajstić information content (AvgIpc) is 2.34. The van der Waals surface area contributed by atoms with Crippen molar-refractivity contribution in [2.45, 2.75) is 13.8 Å². The summed E-state index contributed by atoms with van der Waals surface area (Å²) in [5, 5.41) is 10.9. The molecule has 0 saturated carbocycles. The van der Waals surface area contributed by atoms with Crippen molar-refractivity contribution in [1.29, 1.82) is 0 Å². The minimum Gasteiger partial charge on any atom is -0.493 e. The Labute approximate surface area is 106 Å². The fourth-order valence-corrected chi connectivity index (χ4v) is 1.54. The molecule has 0 aliphatic rings. The number of methoxy groups -OCH3 is 2. The largest absolute Gasteiger partial charge is 0.493 e. The summed E-state index contributed by atoms with van der Waals surface area (Å²) in [5.41, 5.74) is 0.885. The van der Waals surface area contributed by atoms with Gasteiger partial charge in [0, 0.05) is 12.0 Å². The molecule has 1 rings (SSSR count). The molecule has 5 nitrogen and oxygen atoms in total. The molecule has 0 aromatic heterocycles. The van der Waals surface area contributed by atoms with Crippen LogP contribution in [0, 0.1) is 16.0 Å². The van der Waals surface area contributed by atoms with Gasteiger partial charge in [-0.1, -0.05) is 19.9 Å². The molecule has 98 valence electrons. The van der Waals surface area contributed by atoms with E-state index in [0.717, 1.165) is 0 Å². The number of benzene rings is 1. The first-order valence-electron chi connectivity index (χ1n) is 5.57. The Balaban J connectivity index is 3.18. The van der Waals surface area contributed by atoms with Gasteiger partial charge in [-0.05, 0) is 17.7 Å². The molecule has 1 aromatic rings. The minimum absolute atomic E-state index is 0.145. The Morgan fingerprint density at radius 2 is 1.89 bits per heavy atom. The Morgan fingerprint density at radius 1 is 1.28 bits per heavy atom. The number of ether oxygens (including phenoxy) is 2. The number of hydrogen-bond acceptors (Lipinski definition) is 4. The maximum atomic E-state index is 10.9. The van der Waals surface area contributed by atoms with Gasteiger partial charge in [-0.15, -0.1) is 0 Å². The molecule has 0 aliphatic heterocycles. The molecule has 0 radical (unpaired) electrons. The highest BCUT2D eigenvalue weighted by Gasteiger charge is 2.16. The van der Waals surface area contributed by atoms with Gasteiger partial charge in [-0.25, -0.2) is 0 Å². The monoisotopic (exact) mass is 251 g/mol. The van der Waals surface area contributed by atoms with E-state index >= 15 is 0 Å². The second kappa shape index (κ2) is 6.05. The molecule has 0 amide bonds. The van der Waals surface area contributed by atoms with E-state index < -0.39 is 0 Å². The first-order chi connectivity index (χ1) is 8.49. The van der Waals surface area contributed by atoms with Crippen molar-refractivity contribution < 1.29 is 14.4 Å². The van der Waals surface area contributed by atoms with Crippen molar-refractivity contribution in [2.75, 3.05) is 14.2 Å². The minimum atomic E-state index is -0.360. The summed E-state index contributed by atoms with van der Waals surface area (Å²) in [5.74, 6) is 1.01. The molecule has 0 spiro atoms. The molecular weight excluding hydrogens is 234 g/mol. The van der Waals surface area contributed by atoms with Crippen molar-refractivity contribution >= 4 is 6.08 Å². The highest BCUT2D eigenvalue weighted by Crippen LogP contribution is 2.29. The van der Waals surface area contributed by atoms with E-state index in [4.69, 9.17) is 9.47 Å². The number of rotatable bonds is 5. The third-order valence-electron chi connectivity index (χ3n) is 2.52. The van der Waals surface area contributed by atoms with Crippen LogP contribution < -0.4 is 9.47 Å².